The number of imide groups is 1. The molecule has 0 spiro atoms. The van der Waals surface area contributed by atoms with E-state index in [0.717, 1.165) is 10.5 Å². The maximum absolute atomic E-state index is 12.3. The van der Waals surface area contributed by atoms with Crippen LogP contribution in [0.15, 0.2) is 48.6 Å². The first-order chi connectivity index (χ1) is 11.7. The van der Waals surface area contributed by atoms with E-state index in [1.54, 1.807) is 6.08 Å². The highest BCUT2D eigenvalue weighted by Crippen LogP contribution is 2.34. The van der Waals surface area contributed by atoms with Crippen LogP contribution in [0.3, 0.4) is 0 Å². The second-order valence-corrected chi connectivity index (χ2v) is 5.91. The van der Waals surface area contributed by atoms with Crippen LogP contribution in [0.4, 0.5) is 0 Å². The molecule has 24 heavy (non-hydrogen) atoms. The summed E-state index contributed by atoms with van der Waals surface area (Å²) < 4.78 is 5.09. The number of carbonyl (C=O) groups excluding carboxylic acids is 3. The molecule has 1 fully saturated rings. The molecule has 5 heteroatoms. The Balaban J connectivity index is 1.49. The van der Waals surface area contributed by atoms with Gasteiger partial charge in [-0.2, -0.15) is 0 Å². The minimum absolute atomic E-state index is 0.109. The number of allylic oxidation sites excluding steroid dienone is 2. The summed E-state index contributed by atoms with van der Waals surface area (Å²) >= 11 is 0. The number of benzene rings is 1. The molecule has 1 saturated heterocycles. The summed E-state index contributed by atoms with van der Waals surface area (Å²) in [5.41, 5.74) is 1.01. The van der Waals surface area contributed by atoms with Crippen LogP contribution in [0.1, 0.15) is 18.4 Å². The summed E-state index contributed by atoms with van der Waals surface area (Å²) in [6.45, 7) is -0.192. The van der Waals surface area contributed by atoms with Crippen LogP contribution < -0.4 is 0 Å². The molecule has 1 aromatic rings. The molecule has 0 radical (unpaired) electrons. The normalized spacial score (nSPS) is 22.9. The van der Waals surface area contributed by atoms with Crippen LogP contribution in [0.2, 0.25) is 0 Å². The molecule has 2 amide bonds. The molecule has 0 aromatic heterocycles. The second kappa shape index (κ2) is 7.25. The minimum Gasteiger partial charge on any atom is -0.460 e. The first kappa shape index (κ1) is 16.2. The molecule has 5 nitrogen and oxygen atoms in total. The van der Waals surface area contributed by atoms with Crippen molar-refractivity contribution in [3.8, 4) is 0 Å². The summed E-state index contributed by atoms with van der Waals surface area (Å²) in [5, 5.41) is 0. The highest BCUT2D eigenvalue weighted by Gasteiger charge is 2.47. The van der Waals surface area contributed by atoms with Crippen molar-refractivity contribution >= 4 is 23.9 Å². The van der Waals surface area contributed by atoms with Gasteiger partial charge in [-0.1, -0.05) is 48.6 Å². The molecular weight excluding hydrogens is 306 g/mol. The van der Waals surface area contributed by atoms with Crippen molar-refractivity contribution in [3.05, 3.63) is 54.1 Å². The van der Waals surface area contributed by atoms with Gasteiger partial charge in [0, 0.05) is 0 Å². The average molecular weight is 325 g/mol. The standard InChI is InChI=1S/C19H19NO4/c21-17(24-12-6-9-14-7-2-1-3-8-14)13-20-18(22)15-10-4-5-11-16(15)19(20)23/h1-9,15-16H,10-13H2/b9-6+. The number of nitrogens with zero attached hydrogens (tertiary/aromatic N) is 1. The van der Waals surface area contributed by atoms with Crippen LogP contribution >= 0.6 is 0 Å². The lowest BCUT2D eigenvalue weighted by Gasteiger charge is -2.14. The Hall–Kier alpha value is -2.69. The van der Waals surface area contributed by atoms with Gasteiger partial charge < -0.3 is 4.74 Å². The molecule has 2 unspecified atom stereocenters. The van der Waals surface area contributed by atoms with Gasteiger partial charge in [-0.15, -0.1) is 0 Å². The van der Waals surface area contributed by atoms with Gasteiger partial charge >= 0.3 is 5.97 Å². The van der Waals surface area contributed by atoms with Crippen molar-refractivity contribution in [1.82, 2.24) is 4.90 Å². The Bertz CT molecular complexity index is 667. The van der Waals surface area contributed by atoms with Gasteiger partial charge in [0.15, 0.2) is 0 Å². The predicted octanol–water partition coefficient (Wildman–Crippen LogP) is 2.19. The predicted molar refractivity (Wildman–Crippen MR) is 88.5 cm³/mol. The Morgan fingerprint density at radius 1 is 1.08 bits per heavy atom. The summed E-state index contributed by atoms with van der Waals surface area (Å²) in [6, 6.07) is 9.65. The number of fused-ring (bicyclic) bond motifs is 1. The molecule has 124 valence electrons. The van der Waals surface area contributed by atoms with Crippen molar-refractivity contribution in [1.29, 1.82) is 0 Å². The lowest BCUT2D eigenvalue weighted by Crippen LogP contribution is -2.36. The Morgan fingerprint density at radius 3 is 2.33 bits per heavy atom. The fourth-order valence-corrected chi connectivity index (χ4v) is 3.09. The maximum Gasteiger partial charge on any atom is 0.326 e. The van der Waals surface area contributed by atoms with E-state index in [2.05, 4.69) is 0 Å². The molecule has 0 bridgehead atoms. The molecule has 2 atom stereocenters. The van der Waals surface area contributed by atoms with E-state index in [1.165, 1.54) is 0 Å². The van der Waals surface area contributed by atoms with Crippen molar-refractivity contribution in [3.63, 3.8) is 0 Å². The first-order valence-corrected chi connectivity index (χ1v) is 8.04. The van der Waals surface area contributed by atoms with Gasteiger partial charge in [0.05, 0.1) is 11.8 Å². The van der Waals surface area contributed by atoms with Gasteiger partial charge in [-0.3, -0.25) is 19.3 Å². The molecule has 2 aliphatic rings. The zero-order valence-corrected chi connectivity index (χ0v) is 13.3. The summed E-state index contributed by atoms with van der Waals surface area (Å²) in [4.78, 5) is 37.4. The minimum atomic E-state index is -0.569. The first-order valence-electron chi connectivity index (χ1n) is 8.04. The third-order valence-corrected chi connectivity index (χ3v) is 4.34. The third kappa shape index (κ3) is 3.45. The van der Waals surface area contributed by atoms with E-state index < -0.39 is 5.97 Å². The fraction of sp³-hybridized carbons (Fsp3) is 0.316. The quantitative estimate of drug-likeness (QED) is 0.473. The van der Waals surface area contributed by atoms with E-state index in [1.807, 2.05) is 48.6 Å². The average Bonchev–Trinajstić information content (AvgIpc) is 2.85. The summed E-state index contributed by atoms with van der Waals surface area (Å²) in [7, 11) is 0. The Kier molecular flexibility index (Phi) is 4.89. The van der Waals surface area contributed by atoms with Gasteiger partial charge in [0.1, 0.15) is 13.2 Å². The van der Waals surface area contributed by atoms with Crippen molar-refractivity contribution < 1.29 is 19.1 Å². The molecule has 1 aromatic carbocycles. The van der Waals surface area contributed by atoms with Crippen molar-refractivity contribution in [2.24, 2.45) is 11.8 Å². The zero-order chi connectivity index (χ0) is 16.9. The molecule has 3 rings (SSSR count). The lowest BCUT2D eigenvalue weighted by molar-refractivity contribution is -0.152. The number of hydrogen-bond donors (Lipinski definition) is 0. The Labute approximate surface area is 140 Å². The lowest BCUT2D eigenvalue weighted by atomic mass is 9.85. The zero-order valence-electron chi connectivity index (χ0n) is 13.3. The number of carbonyl (C=O) groups is 3. The third-order valence-electron chi connectivity index (χ3n) is 4.34. The second-order valence-electron chi connectivity index (χ2n) is 5.91. The van der Waals surface area contributed by atoms with Crippen LogP contribution in [0.25, 0.3) is 6.08 Å². The number of likely N-dealkylation sites (tertiary alicyclic amines) is 1. The smallest absolute Gasteiger partial charge is 0.326 e. The van der Waals surface area contributed by atoms with Crippen LogP contribution in [0, 0.1) is 11.8 Å². The SMILES string of the molecule is O=C(CN1C(=O)C2CC=CCC2C1=O)OC/C=C/c1ccccc1. The fourth-order valence-electron chi connectivity index (χ4n) is 3.09. The largest absolute Gasteiger partial charge is 0.460 e. The molecule has 0 N–H and O–H groups in total. The van der Waals surface area contributed by atoms with Crippen LogP contribution in [-0.4, -0.2) is 35.8 Å². The number of esters is 1. The monoisotopic (exact) mass is 325 g/mol. The topological polar surface area (TPSA) is 63.7 Å². The van der Waals surface area contributed by atoms with E-state index >= 15 is 0 Å². The van der Waals surface area contributed by atoms with E-state index in [0.29, 0.717) is 12.8 Å². The van der Waals surface area contributed by atoms with Gasteiger partial charge in [-0.25, -0.2) is 0 Å². The Morgan fingerprint density at radius 2 is 1.71 bits per heavy atom. The van der Waals surface area contributed by atoms with Gasteiger partial charge in [0.25, 0.3) is 0 Å². The number of amides is 2. The highest BCUT2D eigenvalue weighted by molar-refractivity contribution is 6.07. The number of ether oxygens (including phenoxy) is 1. The van der Waals surface area contributed by atoms with Gasteiger partial charge in [-0.05, 0) is 24.5 Å². The van der Waals surface area contributed by atoms with Gasteiger partial charge in [0.2, 0.25) is 11.8 Å². The molecule has 1 aliphatic heterocycles. The molecular formula is C19H19NO4. The van der Waals surface area contributed by atoms with E-state index in [-0.39, 0.29) is 36.8 Å². The summed E-state index contributed by atoms with van der Waals surface area (Å²) in [5.74, 6) is -1.71. The number of rotatable bonds is 5. The van der Waals surface area contributed by atoms with E-state index in [4.69, 9.17) is 4.74 Å². The van der Waals surface area contributed by atoms with Crippen LogP contribution in [0.5, 0.6) is 0 Å². The van der Waals surface area contributed by atoms with Crippen LogP contribution in [-0.2, 0) is 19.1 Å². The maximum atomic E-state index is 12.3. The molecule has 1 heterocycles. The molecule has 0 saturated carbocycles. The van der Waals surface area contributed by atoms with E-state index in [9.17, 15) is 14.4 Å². The number of hydrogen-bond acceptors (Lipinski definition) is 4. The highest BCUT2D eigenvalue weighted by atomic mass is 16.5. The van der Waals surface area contributed by atoms with Crippen molar-refractivity contribution in [2.45, 2.75) is 12.8 Å². The summed E-state index contributed by atoms with van der Waals surface area (Å²) in [6.07, 6.45) is 8.55. The molecule has 1 aliphatic carbocycles. The van der Waals surface area contributed by atoms with Crippen molar-refractivity contribution in [2.75, 3.05) is 13.2 Å².